The second-order valence-corrected chi connectivity index (χ2v) is 4.80. The molecule has 0 saturated heterocycles. The van der Waals surface area contributed by atoms with Gasteiger partial charge in [-0.15, -0.1) is 0 Å². The molecular weight excluding hydrogens is 268 g/mol. The Kier molecular flexibility index (Phi) is 5.60. The Balaban J connectivity index is 2.10. The highest BCUT2D eigenvalue weighted by Gasteiger charge is 2.09. The number of rotatable bonds is 7. The summed E-state index contributed by atoms with van der Waals surface area (Å²) < 4.78 is 11.1. The van der Waals surface area contributed by atoms with E-state index in [1.165, 1.54) is 0 Å². The molecule has 0 amide bonds. The van der Waals surface area contributed by atoms with Crippen molar-refractivity contribution < 1.29 is 19.7 Å². The molecular formula is C17H20O4. The summed E-state index contributed by atoms with van der Waals surface area (Å²) in [6.45, 7) is 0.190. The minimum Gasteiger partial charge on any atom is -0.493 e. The average molecular weight is 288 g/mol. The summed E-state index contributed by atoms with van der Waals surface area (Å²) in [5, 5.41) is 18.4. The van der Waals surface area contributed by atoms with Crippen LogP contribution in [0.3, 0.4) is 0 Å². The molecule has 4 nitrogen and oxygen atoms in total. The first-order valence-corrected chi connectivity index (χ1v) is 6.85. The summed E-state index contributed by atoms with van der Waals surface area (Å²) in [5.74, 6) is 1.28. The van der Waals surface area contributed by atoms with Gasteiger partial charge in [0.15, 0.2) is 11.5 Å². The van der Waals surface area contributed by atoms with Crippen molar-refractivity contribution in [3.63, 3.8) is 0 Å². The molecule has 4 heteroatoms. The van der Waals surface area contributed by atoms with Crippen LogP contribution in [-0.2, 0) is 13.0 Å². The SMILES string of the molecule is COc1ccc(C[C@@H](O)CO)cc1OCc1ccccc1. The highest BCUT2D eigenvalue weighted by atomic mass is 16.5. The van der Waals surface area contributed by atoms with Crippen LogP contribution in [0.5, 0.6) is 11.5 Å². The minimum absolute atomic E-state index is 0.258. The standard InChI is InChI=1S/C17H20O4/c1-20-16-8-7-14(9-15(19)11-18)10-17(16)21-12-13-5-3-2-4-6-13/h2-8,10,15,18-19H,9,11-12H2,1H3/t15-/m1/s1. The lowest BCUT2D eigenvalue weighted by Crippen LogP contribution is -2.15. The van der Waals surface area contributed by atoms with Crippen LogP contribution in [0.2, 0.25) is 0 Å². The third-order valence-electron chi connectivity index (χ3n) is 3.15. The van der Waals surface area contributed by atoms with E-state index < -0.39 is 6.10 Å². The van der Waals surface area contributed by atoms with Crippen molar-refractivity contribution >= 4 is 0 Å². The van der Waals surface area contributed by atoms with E-state index in [-0.39, 0.29) is 6.61 Å². The largest absolute Gasteiger partial charge is 0.493 e. The highest BCUT2D eigenvalue weighted by molar-refractivity contribution is 5.43. The summed E-state index contributed by atoms with van der Waals surface area (Å²) in [7, 11) is 1.59. The Bertz CT molecular complexity index is 554. The molecule has 0 aliphatic carbocycles. The van der Waals surface area contributed by atoms with Crippen LogP contribution in [0.1, 0.15) is 11.1 Å². The maximum absolute atomic E-state index is 9.51. The number of hydrogen-bond donors (Lipinski definition) is 2. The van der Waals surface area contributed by atoms with Crippen molar-refractivity contribution in [2.24, 2.45) is 0 Å². The van der Waals surface area contributed by atoms with Crippen molar-refractivity contribution in [3.8, 4) is 11.5 Å². The normalized spacial score (nSPS) is 12.0. The first-order valence-electron chi connectivity index (χ1n) is 6.85. The Morgan fingerprint density at radius 3 is 2.43 bits per heavy atom. The van der Waals surface area contributed by atoms with E-state index in [1.807, 2.05) is 42.5 Å². The van der Waals surface area contributed by atoms with Gasteiger partial charge in [0.05, 0.1) is 19.8 Å². The van der Waals surface area contributed by atoms with Gasteiger partial charge in [-0.1, -0.05) is 36.4 Å². The number of aliphatic hydroxyl groups is 2. The monoisotopic (exact) mass is 288 g/mol. The fourth-order valence-electron chi connectivity index (χ4n) is 2.03. The lowest BCUT2D eigenvalue weighted by atomic mass is 10.1. The molecule has 0 aromatic heterocycles. The zero-order chi connectivity index (χ0) is 15.1. The molecule has 2 rings (SSSR count). The van der Waals surface area contributed by atoms with E-state index in [1.54, 1.807) is 13.2 Å². The van der Waals surface area contributed by atoms with Crippen LogP contribution in [0.25, 0.3) is 0 Å². The van der Waals surface area contributed by atoms with E-state index in [0.29, 0.717) is 24.5 Å². The van der Waals surface area contributed by atoms with Gasteiger partial charge in [0.1, 0.15) is 6.61 Å². The van der Waals surface area contributed by atoms with E-state index in [9.17, 15) is 5.11 Å². The first kappa shape index (κ1) is 15.4. The molecule has 0 aliphatic rings. The fourth-order valence-corrected chi connectivity index (χ4v) is 2.03. The van der Waals surface area contributed by atoms with Crippen LogP contribution < -0.4 is 9.47 Å². The van der Waals surface area contributed by atoms with E-state index >= 15 is 0 Å². The van der Waals surface area contributed by atoms with Gasteiger partial charge in [-0.2, -0.15) is 0 Å². The number of methoxy groups -OCH3 is 1. The van der Waals surface area contributed by atoms with E-state index in [2.05, 4.69) is 0 Å². The van der Waals surface area contributed by atoms with Gasteiger partial charge < -0.3 is 19.7 Å². The third-order valence-corrected chi connectivity index (χ3v) is 3.15. The van der Waals surface area contributed by atoms with Gasteiger partial charge in [-0.25, -0.2) is 0 Å². The minimum atomic E-state index is -0.764. The van der Waals surface area contributed by atoms with E-state index in [4.69, 9.17) is 14.6 Å². The first-order chi connectivity index (χ1) is 10.2. The Morgan fingerprint density at radius 1 is 1.00 bits per heavy atom. The molecule has 21 heavy (non-hydrogen) atoms. The van der Waals surface area contributed by atoms with Gasteiger partial charge in [0.2, 0.25) is 0 Å². The third kappa shape index (κ3) is 4.48. The molecule has 0 radical (unpaired) electrons. The van der Waals surface area contributed by atoms with Crippen LogP contribution in [0.15, 0.2) is 48.5 Å². The van der Waals surface area contributed by atoms with Crippen molar-refractivity contribution in [2.45, 2.75) is 19.1 Å². The van der Waals surface area contributed by atoms with Gasteiger partial charge in [-0.05, 0) is 23.3 Å². The van der Waals surface area contributed by atoms with Crippen molar-refractivity contribution in [3.05, 3.63) is 59.7 Å². The second kappa shape index (κ2) is 7.67. The maximum Gasteiger partial charge on any atom is 0.161 e. The van der Waals surface area contributed by atoms with Crippen molar-refractivity contribution in [1.82, 2.24) is 0 Å². The smallest absolute Gasteiger partial charge is 0.161 e. The lowest BCUT2D eigenvalue weighted by Gasteiger charge is -2.13. The average Bonchev–Trinajstić information content (AvgIpc) is 2.54. The zero-order valence-electron chi connectivity index (χ0n) is 12.0. The van der Waals surface area contributed by atoms with E-state index in [0.717, 1.165) is 11.1 Å². The molecule has 2 aromatic carbocycles. The molecule has 1 atom stereocenters. The van der Waals surface area contributed by atoms with Gasteiger partial charge in [-0.3, -0.25) is 0 Å². The molecule has 0 heterocycles. The molecule has 0 spiro atoms. The molecule has 2 N–H and O–H groups in total. The fraction of sp³-hybridized carbons (Fsp3) is 0.294. The molecule has 112 valence electrons. The summed E-state index contributed by atoms with van der Waals surface area (Å²) in [6, 6.07) is 15.4. The van der Waals surface area contributed by atoms with Crippen LogP contribution >= 0.6 is 0 Å². The number of hydrogen-bond acceptors (Lipinski definition) is 4. The predicted octanol–water partition coefficient (Wildman–Crippen LogP) is 2.17. The van der Waals surface area contributed by atoms with Gasteiger partial charge in [0.25, 0.3) is 0 Å². The zero-order valence-corrected chi connectivity index (χ0v) is 12.0. The van der Waals surface area contributed by atoms with Crippen LogP contribution in [-0.4, -0.2) is 30.0 Å². The van der Waals surface area contributed by atoms with Crippen LogP contribution in [0, 0.1) is 0 Å². The quantitative estimate of drug-likeness (QED) is 0.820. The summed E-state index contributed by atoms with van der Waals surface area (Å²) in [5.41, 5.74) is 1.96. The molecule has 0 aliphatic heterocycles. The molecule has 0 fully saturated rings. The Hall–Kier alpha value is -2.04. The Morgan fingerprint density at radius 2 is 1.76 bits per heavy atom. The van der Waals surface area contributed by atoms with Crippen molar-refractivity contribution in [1.29, 1.82) is 0 Å². The maximum atomic E-state index is 9.51. The summed E-state index contributed by atoms with van der Waals surface area (Å²) in [6.07, 6.45) is -0.386. The van der Waals surface area contributed by atoms with Crippen molar-refractivity contribution in [2.75, 3.05) is 13.7 Å². The van der Waals surface area contributed by atoms with Gasteiger partial charge >= 0.3 is 0 Å². The van der Waals surface area contributed by atoms with Gasteiger partial charge in [0, 0.05) is 6.42 Å². The molecule has 2 aromatic rings. The van der Waals surface area contributed by atoms with Crippen LogP contribution in [0.4, 0.5) is 0 Å². The molecule has 0 unspecified atom stereocenters. The number of benzene rings is 2. The summed E-state index contributed by atoms with van der Waals surface area (Å²) >= 11 is 0. The molecule has 0 saturated carbocycles. The topological polar surface area (TPSA) is 58.9 Å². The Labute approximate surface area is 124 Å². The highest BCUT2D eigenvalue weighted by Crippen LogP contribution is 2.29. The summed E-state index contributed by atoms with van der Waals surface area (Å²) in [4.78, 5) is 0. The number of aliphatic hydroxyl groups excluding tert-OH is 2. The lowest BCUT2D eigenvalue weighted by molar-refractivity contribution is 0.0954. The predicted molar refractivity (Wildman–Crippen MR) is 80.6 cm³/mol. The number of ether oxygens (including phenoxy) is 2. The second-order valence-electron chi connectivity index (χ2n) is 4.80. The molecule has 0 bridgehead atoms.